The van der Waals surface area contributed by atoms with Crippen molar-refractivity contribution in [1.29, 1.82) is 0 Å². The summed E-state index contributed by atoms with van der Waals surface area (Å²) in [5.41, 5.74) is 1.21. The molecule has 84 valence electrons. The maximum absolute atomic E-state index is 9.14. The smallest absolute Gasteiger partial charge is 0.108 e. The Balaban J connectivity index is 2.11. The van der Waals surface area contributed by atoms with Crippen molar-refractivity contribution in [2.75, 3.05) is 6.61 Å². The predicted octanol–water partition coefficient (Wildman–Crippen LogP) is 1.64. The van der Waals surface area contributed by atoms with Crippen LogP contribution in [0.1, 0.15) is 31.8 Å². The lowest BCUT2D eigenvalue weighted by Gasteiger charge is -2.21. The van der Waals surface area contributed by atoms with Gasteiger partial charge in [-0.1, -0.05) is 13.8 Å². The standard InChI is InChI=1S/C12H20N2O/c1-9(2)5-11-7-14-6-10(8-15)3-4-12(14)13-11/h7,9-10,15H,3-6,8H2,1-2H3. The first-order valence-electron chi connectivity index (χ1n) is 5.84. The molecular formula is C12H20N2O. The number of rotatable bonds is 3. The SMILES string of the molecule is CC(C)Cc1cn2c(n1)CCC(CO)C2. The maximum Gasteiger partial charge on any atom is 0.108 e. The molecule has 1 N–H and O–H groups in total. The molecule has 0 saturated heterocycles. The van der Waals surface area contributed by atoms with Gasteiger partial charge in [0.25, 0.3) is 0 Å². The van der Waals surface area contributed by atoms with E-state index < -0.39 is 0 Å². The monoisotopic (exact) mass is 208 g/mol. The fourth-order valence-electron chi connectivity index (χ4n) is 2.24. The molecule has 0 aromatic carbocycles. The number of aliphatic hydroxyl groups is 1. The fourth-order valence-corrected chi connectivity index (χ4v) is 2.24. The quantitative estimate of drug-likeness (QED) is 0.820. The molecule has 1 aromatic rings. The van der Waals surface area contributed by atoms with Crippen LogP contribution >= 0.6 is 0 Å². The van der Waals surface area contributed by atoms with Gasteiger partial charge in [0.1, 0.15) is 5.82 Å². The molecule has 0 spiro atoms. The molecule has 1 aliphatic heterocycles. The summed E-state index contributed by atoms with van der Waals surface area (Å²) in [6.45, 7) is 5.68. The average molecular weight is 208 g/mol. The van der Waals surface area contributed by atoms with Gasteiger partial charge in [0, 0.05) is 31.7 Å². The van der Waals surface area contributed by atoms with Gasteiger partial charge in [-0.25, -0.2) is 4.98 Å². The largest absolute Gasteiger partial charge is 0.396 e. The van der Waals surface area contributed by atoms with Gasteiger partial charge in [-0.05, 0) is 18.8 Å². The van der Waals surface area contributed by atoms with Crippen molar-refractivity contribution in [1.82, 2.24) is 9.55 Å². The van der Waals surface area contributed by atoms with Crippen molar-refractivity contribution in [3.63, 3.8) is 0 Å². The summed E-state index contributed by atoms with van der Waals surface area (Å²) in [5.74, 6) is 2.30. The van der Waals surface area contributed by atoms with Crippen LogP contribution in [-0.2, 0) is 19.4 Å². The van der Waals surface area contributed by atoms with Gasteiger partial charge in [0.2, 0.25) is 0 Å². The van der Waals surface area contributed by atoms with Crippen molar-refractivity contribution in [2.45, 2.75) is 39.7 Å². The first-order chi connectivity index (χ1) is 7.19. The fraction of sp³-hybridized carbons (Fsp3) is 0.750. The van der Waals surface area contributed by atoms with Crippen LogP contribution < -0.4 is 0 Å². The molecule has 0 saturated carbocycles. The van der Waals surface area contributed by atoms with Crippen LogP contribution in [-0.4, -0.2) is 21.3 Å². The van der Waals surface area contributed by atoms with Gasteiger partial charge in [0.15, 0.2) is 0 Å². The van der Waals surface area contributed by atoms with E-state index in [2.05, 4.69) is 29.6 Å². The summed E-state index contributed by atoms with van der Waals surface area (Å²) in [5, 5.41) is 9.14. The zero-order valence-corrected chi connectivity index (χ0v) is 9.61. The topological polar surface area (TPSA) is 38.0 Å². The lowest BCUT2D eigenvalue weighted by atomic mass is 10.0. The van der Waals surface area contributed by atoms with Gasteiger partial charge >= 0.3 is 0 Å². The average Bonchev–Trinajstić information content (AvgIpc) is 2.57. The van der Waals surface area contributed by atoms with Crippen molar-refractivity contribution in [3.05, 3.63) is 17.7 Å². The lowest BCUT2D eigenvalue weighted by Crippen LogP contribution is -2.22. The summed E-state index contributed by atoms with van der Waals surface area (Å²) in [4.78, 5) is 4.64. The van der Waals surface area contributed by atoms with Crippen LogP contribution in [0, 0.1) is 11.8 Å². The number of hydrogen-bond donors (Lipinski definition) is 1. The van der Waals surface area contributed by atoms with Crippen LogP contribution in [0.2, 0.25) is 0 Å². The van der Waals surface area contributed by atoms with E-state index in [4.69, 9.17) is 5.11 Å². The maximum atomic E-state index is 9.14. The van der Waals surface area contributed by atoms with Crippen molar-refractivity contribution < 1.29 is 5.11 Å². The Kier molecular flexibility index (Phi) is 3.10. The minimum atomic E-state index is 0.303. The van der Waals surface area contributed by atoms with Crippen molar-refractivity contribution >= 4 is 0 Å². The molecule has 1 unspecified atom stereocenters. The minimum absolute atomic E-state index is 0.303. The highest BCUT2D eigenvalue weighted by Crippen LogP contribution is 2.20. The van der Waals surface area contributed by atoms with Crippen LogP contribution in [0.25, 0.3) is 0 Å². The molecule has 2 heterocycles. The molecular weight excluding hydrogens is 188 g/mol. The third-order valence-corrected chi connectivity index (χ3v) is 3.02. The number of fused-ring (bicyclic) bond motifs is 1. The minimum Gasteiger partial charge on any atom is -0.396 e. The Morgan fingerprint density at radius 1 is 1.60 bits per heavy atom. The molecule has 1 aromatic heterocycles. The molecule has 0 aliphatic carbocycles. The zero-order chi connectivity index (χ0) is 10.8. The molecule has 0 bridgehead atoms. The summed E-state index contributed by atoms with van der Waals surface area (Å²) >= 11 is 0. The van der Waals surface area contributed by atoms with Crippen LogP contribution in [0.15, 0.2) is 6.20 Å². The van der Waals surface area contributed by atoms with Gasteiger partial charge in [0.05, 0.1) is 5.69 Å². The number of nitrogens with zero attached hydrogens (tertiary/aromatic N) is 2. The molecule has 1 aliphatic rings. The first kappa shape index (κ1) is 10.7. The third-order valence-electron chi connectivity index (χ3n) is 3.02. The number of hydrogen-bond acceptors (Lipinski definition) is 2. The van der Waals surface area contributed by atoms with Crippen LogP contribution in [0.3, 0.4) is 0 Å². The molecule has 15 heavy (non-hydrogen) atoms. The summed E-state index contributed by atoms with van der Waals surface area (Å²) in [6, 6.07) is 0. The van der Waals surface area contributed by atoms with Crippen LogP contribution in [0.4, 0.5) is 0 Å². The number of aliphatic hydroxyl groups excluding tert-OH is 1. The van der Waals surface area contributed by atoms with E-state index in [1.807, 2.05) is 0 Å². The predicted molar refractivity (Wildman–Crippen MR) is 59.7 cm³/mol. The molecule has 0 fully saturated rings. The van der Waals surface area contributed by atoms with Gasteiger partial charge in [-0.15, -0.1) is 0 Å². The molecule has 2 rings (SSSR count). The second-order valence-electron chi connectivity index (χ2n) is 4.99. The molecule has 0 radical (unpaired) electrons. The number of aromatic nitrogens is 2. The highest BCUT2D eigenvalue weighted by molar-refractivity contribution is 5.07. The Morgan fingerprint density at radius 2 is 2.40 bits per heavy atom. The summed E-state index contributed by atoms with van der Waals surface area (Å²) < 4.78 is 2.22. The number of aryl methyl sites for hydroxylation is 1. The second kappa shape index (κ2) is 4.35. The summed E-state index contributed by atoms with van der Waals surface area (Å²) in [6.07, 6.45) is 5.32. The van der Waals surface area contributed by atoms with Crippen LogP contribution in [0.5, 0.6) is 0 Å². The third kappa shape index (κ3) is 2.40. The van der Waals surface area contributed by atoms with E-state index in [9.17, 15) is 0 Å². The Bertz CT molecular complexity index is 330. The molecule has 1 atom stereocenters. The Morgan fingerprint density at radius 3 is 3.07 bits per heavy atom. The molecule has 0 amide bonds. The van der Waals surface area contributed by atoms with E-state index in [-0.39, 0.29) is 0 Å². The van der Waals surface area contributed by atoms with E-state index in [1.54, 1.807) is 0 Å². The normalized spacial score (nSPS) is 20.7. The van der Waals surface area contributed by atoms with Gasteiger partial charge < -0.3 is 9.67 Å². The van der Waals surface area contributed by atoms with Crippen molar-refractivity contribution in [2.24, 2.45) is 11.8 Å². The van der Waals surface area contributed by atoms with Gasteiger partial charge in [-0.3, -0.25) is 0 Å². The highest BCUT2D eigenvalue weighted by Gasteiger charge is 2.19. The lowest BCUT2D eigenvalue weighted by molar-refractivity contribution is 0.190. The molecule has 3 nitrogen and oxygen atoms in total. The highest BCUT2D eigenvalue weighted by atomic mass is 16.3. The second-order valence-corrected chi connectivity index (χ2v) is 4.99. The van der Waals surface area contributed by atoms with Gasteiger partial charge in [-0.2, -0.15) is 0 Å². The van der Waals surface area contributed by atoms with Crippen molar-refractivity contribution in [3.8, 4) is 0 Å². The first-order valence-corrected chi connectivity index (χ1v) is 5.84. The van der Waals surface area contributed by atoms with E-state index >= 15 is 0 Å². The number of imidazole rings is 1. The zero-order valence-electron chi connectivity index (χ0n) is 9.61. The Labute approximate surface area is 91.1 Å². The molecule has 3 heteroatoms. The summed E-state index contributed by atoms with van der Waals surface area (Å²) in [7, 11) is 0. The van der Waals surface area contributed by atoms with E-state index in [0.29, 0.717) is 18.4 Å². The Hall–Kier alpha value is -0.830. The van der Waals surface area contributed by atoms with E-state index in [0.717, 1.165) is 25.8 Å². The van der Waals surface area contributed by atoms with E-state index in [1.165, 1.54) is 11.5 Å².